The van der Waals surface area contributed by atoms with Crippen LogP contribution in [-0.2, 0) is 6.54 Å². The minimum Gasteiger partial charge on any atom is -0.490 e. The summed E-state index contributed by atoms with van der Waals surface area (Å²) in [5.74, 6) is 0.916. The number of para-hydroxylation sites is 1. The number of pyridine rings is 1. The molecule has 0 radical (unpaired) electrons. The number of benzene rings is 2. The molecule has 0 unspecified atom stereocenters. The molecular formula is C27H24N2O5. The molecule has 1 atom stereocenters. The zero-order valence-electron chi connectivity index (χ0n) is 19.0. The average molecular weight is 456 g/mol. The van der Waals surface area contributed by atoms with Gasteiger partial charge in [0.2, 0.25) is 5.76 Å². The first-order valence-corrected chi connectivity index (χ1v) is 11.3. The number of fused-ring (bicyclic) bond motifs is 2. The van der Waals surface area contributed by atoms with Crippen LogP contribution in [0.1, 0.15) is 47.1 Å². The van der Waals surface area contributed by atoms with Crippen LogP contribution in [0.2, 0.25) is 0 Å². The van der Waals surface area contributed by atoms with Crippen LogP contribution in [0.4, 0.5) is 0 Å². The molecule has 0 saturated carbocycles. The van der Waals surface area contributed by atoms with E-state index in [0.717, 1.165) is 11.1 Å². The molecule has 0 saturated heterocycles. The molecule has 172 valence electrons. The molecule has 4 aromatic rings. The maximum Gasteiger partial charge on any atom is 0.291 e. The van der Waals surface area contributed by atoms with Crippen LogP contribution in [0.25, 0.3) is 11.0 Å². The molecule has 2 aromatic heterocycles. The fourth-order valence-corrected chi connectivity index (χ4v) is 4.40. The third-order valence-electron chi connectivity index (χ3n) is 5.83. The van der Waals surface area contributed by atoms with Gasteiger partial charge in [0, 0.05) is 18.9 Å². The summed E-state index contributed by atoms with van der Waals surface area (Å²) in [5, 5.41) is 0.443. The molecule has 0 spiro atoms. The average Bonchev–Trinajstić information content (AvgIpc) is 3.13. The van der Waals surface area contributed by atoms with E-state index in [-0.39, 0.29) is 23.6 Å². The first-order valence-electron chi connectivity index (χ1n) is 11.3. The number of rotatable bonds is 7. The first kappa shape index (κ1) is 21.7. The normalized spacial score (nSPS) is 14.9. The molecule has 2 aromatic carbocycles. The highest BCUT2D eigenvalue weighted by Crippen LogP contribution is 2.41. The standard InChI is InChI=1S/C27H24N2O5/c1-3-32-21-12-11-18(14-22(21)33-4-2)24-23-25(30)19-9-5-6-10-20(19)34-26(23)27(31)29(24)16-17-8-7-13-28-15-17/h5-15,24H,3-4,16H2,1-2H3/t24-/m1/s1. The van der Waals surface area contributed by atoms with Crippen molar-refractivity contribution in [3.63, 3.8) is 0 Å². The maximum atomic E-state index is 13.6. The van der Waals surface area contributed by atoms with E-state index in [2.05, 4.69) is 4.98 Å². The van der Waals surface area contributed by atoms with Gasteiger partial charge in [0.15, 0.2) is 16.9 Å². The Hall–Kier alpha value is -4.13. The summed E-state index contributed by atoms with van der Waals surface area (Å²) in [6.45, 7) is 5.02. The SMILES string of the molecule is CCOc1ccc([C@@H]2c3c(oc4ccccc4c3=O)C(=O)N2Cc2cccnc2)cc1OCC. The van der Waals surface area contributed by atoms with E-state index in [0.29, 0.717) is 41.2 Å². The molecule has 0 fully saturated rings. The van der Waals surface area contributed by atoms with E-state index in [1.807, 2.05) is 44.2 Å². The van der Waals surface area contributed by atoms with Crippen molar-refractivity contribution in [1.29, 1.82) is 0 Å². The molecule has 0 bridgehead atoms. The molecule has 1 amide bonds. The van der Waals surface area contributed by atoms with Crippen LogP contribution in [0.3, 0.4) is 0 Å². The van der Waals surface area contributed by atoms with Gasteiger partial charge < -0.3 is 18.8 Å². The van der Waals surface area contributed by atoms with Crippen LogP contribution >= 0.6 is 0 Å². The fourth-order valence-electron chi connectivity index (χ4n) is 4.40. The van der Waals surface area contributed by atoms with Crippen molar-refractivity contribution in [1.82, 2.24) is 9.88 Å². The highest BCUT2D eigenvalue weighted by molar-refractivity contribution is 5.99. The summed E-state index contributed by atoms with van der Waals surface area (Å²) in [5.41, 5.74) is 2.10. The smallest absolute Gasteiger partial charge is 0.291 e. The van der Waals surface area contributed by atoms with Gasteiger partial charge in [0.05, 0.1) is 30.2 Å². The van der Waals surface area contributed by atoms with Crippen molar-refractivity contribution < 1.29 is 18.7 Å². The minimum atomic E-state index is -0.640. The number of hydrogen-bond acceptors (Lipinski definition) is 6. The Morgan fingerprint density at radius 2 is 1.76 bits per heavy atom. The van der Waals surface area contributed by atoms with Crippen molar-refractivity contribution in [2.45, 2.75) is 26.4 Å². The van der Waals surface area contributed by atoms with Crippen molar-refractivity contribution in [2.24, 2.45) is 0 Å². The molecule has 1 aliphatic heterocycles. The monoisotopic (exact) mass is 456 g/mol. The molecule has 7 heteroatoms. The zero-order chi connectivity index (χ0) is 23.7. The van der Waals surface area contributed by atoms with E-state index in [4.69, 9.17) is 13.9 Å². The van der Waals surface area contributed by atoms with Gasteiger partial charge in [0.1, 0.15) is 5.58 Å². The van der Waals surface area contributed by atoms with Crippen LogP contribution in [0, 0.1) is 0 Å². The van der Waals surface area contributed by atoms with Gasteiger partial charge in [-0.1, -0.05) is 24.3 Å². The van der Waals surface area contributed by atoms with Gasteiger partial charge in [-0.15, -0.1) is 0 Å². The molecule has 5 rings (SSSR count). The molecule has 34 heavy (non-hydrogen) atoms. The Balaban J connectivity index is 1.71. The topological polar surface area (TPSA) is 81.9 Å². The van der Waals surface area contributed by atoms with Crippen LogP contribution in [-0.4, -0.2) is 29.0 Å². The number of carbonyl (C=O) groups is 1. The third-order valence-corrected chi connectivity index (χ3v) is 5.83. The lowest BCUT2D eigenvalue weighted by Gasteiger charge is -2.26. The lowest BCUT2D eigenvalue weighted by Crippen LogP contribution is -2.29. The number of amides is 1. The van der Waals surface area contributed by atoms with Gasteiger partial charge in [-0.25, -0.2) is 0 Å². The van der Waals surface area contributed by atoms with E-state index in [1.54, 1.807) is 41.6 Å². The van der Waals surface area contributed by atoms with Gasteiger partial charge in [0.25, 0.3) is 5.91 Å². The lowest BCUT2D eigenvalue weighted by molar-refractivity contribution is 0.0714. The summed E-state index contributed by atoms with van der Waals surface area (Å²) >= 11 is 0. The Kier molecular flexibility index (Phi) is 5.76. The molecule has 3 heterocycles. The van der Waals surface area contributed by atoms with E-state index in [1.165, 1.54) is 0 Å². The summed E-state index contributed by atoms with van der Waals surface area (Å²) in [4.78, 5) is 33.0. The van der Waals surface area contributed by atoms with E-state index in [9.17, 15) is 9.59 Å². The van der Waals surface area contributed by atoms with E-state index < -0.39 is 6.04 Å². The second-order valence-electron chi connectivity index (χ2n) is 7.94. The highest BCUT2D eigenvalue weighted by atomic mass is 16.5. The third kappa shape index (κ3) is 3.69. The Morgan fingerprint density at radius 3 is 2.53 bits per heavy atom. The minimum absolute atomic E-state index is 0.0736. The molecule has 0 N–H and O–H groups in total. The van der Waals surface area contributed by atoms with Crippen molar-refractivity contribution in [3.8, 4) is 11.5 Å². The maximum absolute atomic E-state index is 13.6. The molecule has 0 aliphatic carbocycles. The largest absolute Gasteiger partial charge is 0.490 e. The first-order chi connectivity index (χ1) is 16.6. The second kappa shape index (κ2) is 9.02. The van der Waals surface area contributed by atoms with Crippen molar-refractivity contribution in [2.75, 3.05) is 13.2 Å². The number of ether oxygens (including phenoxy) is 2. The summed E-state index contributed by atoms with van der Waals surface area (Å²) in [6.07, 6.45) is 3.39. The van der Waals surface area contributed by atoms with Crippen molar-refractivity contribution in [3.05, 3.63) is 99.7 Å². The summed E-state index contributed by atoms with van der Waals surface area (Å²) < 4.78 is 17.5. The molecular weight excluding hydrogens is 432 g/mol. The van der Waals surface area contributed by atoms with Crippen LogP contribution in [0.5, 0.6) is 11.5 Å². The van der Waals surface area contributed by atoms with Crippen molar-refractivity contribution >= 4 is 16.9 Å². The highest BCUT2D eigenvalue weighted by Gasteiger charge is 2.43. The van der Waals surface area contributed by atoms with Gasteiger partial charge in [-0.3, -0.25) is 14.6 Å². The zero-order valence-corrected chi connectivity index (χ0v) is 19.0. The van der Waals surface area contributed by atoms with Crippen LogP contribution in [0.15, 0.2) is 76.2 Å². The van der Waals surface area contributed by atoms with Gasteiger partial charge in [-0.05, 0) is 55.3 Å². The number of aromatic nitrogens is 1. The summed E-state index contributed by atoms with van der Waals surface area (Å²) in [6, 6.07) is 15.6. The predicted octanol–water partition coefficient (Wildman–Crippen LogP) is 4.73. The lowest BCUT2D eigenvalue weighted by atomic mass is 9.98. The van der Waals surface area contributed by atoms with Gasteiger partial charge >= 0.3 is 0 Å². The molecule has 7 nitrogen and oxygen atoms in total. The van der Waals surface area contributed by atoms with Gasteiger partial charge in [-0.2, -0.15) is 0 Å². The summed E-state index contributed by atoms with van der Waals surface area (Å²) in [7, 11) is 0. The van der Waals surface area contributed by atoms with E-state index >= 15 is 0 Å². The Bertz CT molecular complexity index is 1410. The molecule has 1 aliphatic rings. The Labute approximate surface area is 196 Å². The number of nitrogens with zero attached hydrogens (tertiary/aromatic N) is 2. The number of hydrogen-bond donors (Lipinski definition) is 0. The Morgan fingerprint density at radius 1 is 0.971 bits per heavy atom. The number of carbonyl (C=O) groups excluding carboxylic acids is 1. The predicted molar refractivity (Wildman–Crippen MR) is 127 cm³/mol. The quantitative estimate of drug-likeness (QED) is 0.400. The van der Waals surface area contributed by atoms with Crippen LogP contribution < -0.4 is 14.9 Å². The second-order valence-corrected chi connectivity index (χ2v) is 7.94. The fraction of sp³-hybridized carbons (Fsp3) is 0.222.